The molecule has 1 saturated heterocycles. The van der Waals surface area contributed by atoms with Gasteiger partial charge in [0.05, 0.1) is 12.4 Å². The van der Waals surface area contributed by atoms with Gasteiger partial charge in [-0.15, -0.1) is 0 Å². The molecule has 5 nitrogen and oxygen atoms in total. The molecule has 1 fully saturated rings. The fourth-order valence-corrected chi connectivity index (χ4v) is 3.87. The summed E-state index contributed by atoms with van der Waals surface area (Å²) < 4.78 is 0. The highest BCUT2D eigenvalue weighted by Crippen LogP contribution is 2.27. The Balaban J connectivity index is 1.40. The minimum absolute atomic E-state index is 0.0218. The zero-order valence-corrected chi connectivity index (χ0v) is 15.0. The number of imidazole rings is 1. The van der Waals surface area contributed by atoms with Crippen molar-refractivity contribution in [3.05, 3.63) is 66.2 Å². The first-order valence-corrected chi connectivity index (χ1v) is 9.24. The quantitative estimate of drug-likeness (QED) is 0.745. The summed E-state index contributed by atoms with van der Waals surface area (Å²) >= 11 is 0. The van der Waals surface area contributed by atoms with Crippen molar-refractivity contribution in [3.8, 4) is 0 Å². The fraction of sp³-hybridized carbons (Fsp3) is 0.333. The molecule has 3 aromatic rings. The van der Waals surface area contributed by atoms with E-state index >= 15 is 0 Å². The summed E-state index contributed by atoms with van der Waals surface area (Å²) in [5.41, 5.74) is 2.33. The lowest BCUT2D eigenvalue weighted by Crippen LogP contribution is -2.44. The van der Waals surface area contributed by atoms with E-state index in [9.17, 15) is 4.79 Å². The van der Waals surface area contributed by atoms with Gasteiger partial charge in [0.15, 0.2) is 0 Å². The zero-order chi connectivity index (χ0) is 17.9. The van der Waals surface area contributed by atoms with Crippen LogP contribution < -0.4 is 5.32 Å². The molecular formula is C21H24N4O. The van der Waals surface area contributed by atoms with E-state index in [1.54, 1.807) is 6.33 Å². The maximum atomic E-state index is 12.7. The Kier molecular flexibility index (Phi) is 4.61. The van der Waals surface area contributed by atoms with Crippen LogP contribution in [0, 0.1) is 0 Å². The normalized spacial score (nSPS) is 16.6. The number of benzene rings is 2. The summed E-state index contributed by atoms with van der Waals surface area (Å²) in [5, 5.41) is 5.57. The van der Waals surface area contributed by atoms with Crippen LogP contribution in [0.4, 0.5) is 4.79 Å². The SMILES string of the molecule is CC(NC(=O)N1CCC(c2cnc[nH]2)CC1)c1cccc2ccccc12. The molecule has 1 aromatic heterocycles. The summed E-state index contributed by atoms with van der Waals surface area (Å²) in [6.45, 7) is 3.60. The van der Waals surface area contributed by atoms with Crippen molar-refractivity contribution >= 4 is 16.8 Å². The minimum Gasteiger partial charge on any atom is -0.348 e. The fourth-order valence-electron chi connectivity index (χ4n) is 3.87. The monoisotopic (exact) mass is 348 g/mol. The van der Waals surface area contributed by atoms with E-state index in [-0.39, 0.29) is 12.1 Å². The molecule has 1 atom stereocenters. The van der Waals surface area contributed by atoms with Crippen LogP contribution >= 0.6 is 0 Å². The van der Waals surface area contributed by atoms with Crippen molar-refractivity contribution in [2.45, 2.75) is 31.7 Å². The van der Waals surface area contributed by atoms with Crippen LogP contribution in [0.15, 0.2) is 55.0 Å². The number of amides is 2. The van der Waals surface area contributed by atoms with Crippen LogP contribution in [0.3, 0.4) is 0 Å². The molecule has 1 aliphatic rings. The molecule has 0 spiro atoms. The lowest BCUT2D eigenvalue weighted by atomic mass is 9.94. The predicted molar refractivity (Wildman–Crippen MR) is 103 cm³/mol. The van der Waals surface area contributed by atoms with Crippen molar-refractivity contribution in [1.82, 2.24) is 20.2 Å². The van der Waals surface area contributed by atoms with E-state index in [0.717, 1.165) is 31.5 Å². The Hall–Kier alpha value is -2.82. The highest BCUT2D eigenvalue weighted by molar-refractivity contribution is 5.86. The number of fused-ring (bicyclic) bond motifs is 1. The Labute approximate surface area is 153 Å². The van der Waals surface area contributed by atoms with Gasteiger partial charge in [0.1, 0.15) is 0 Å². The van der Waals surface area contributed by atoms with Crippen molar-refractivity contribution in [2.24, 2.45) is 0 Å². The topological polar surface area (TPSA) is 61.0 Å². The average Bonchev–Trinajstić information content (AvgIpc) is 3.22. The van der Waals surface area contributed by atoms with E-state index in [0.29, 0.717) is 5.92 Å². The first-order valence-electron chi connectivity index (χ1n) is 9.24. The molecule has 0 radical (unpaired) electrons. The van der Waals surface area contributed by atoms with Gasteiger partial charge in [0, 0.05) is 30.9 Å². The molecular weight excluding hydrogens is 324 g/mol. The Bertz CT molecular complexity index is 877. The molecule has 0 bridgehead atoms. The second-order valence-corrected chi connectivity index (χ2v) is 7.01. The van der Waals surface area contributed by atoms with E-state index in [4.69, 9.17) is 0 Å². The predicted octanol–water partition coefficient (Wildman–Crippen LogP) is 4.21. The molecule has 0 saturated carbocycles. The summed E-state index contributed by atoms with van der Waals surface area (Å²) in [5.74, 6) is 0.469. The summed E-state index contributed by atoms with van der Waals surface area (Å²) in [4.78, 5) is 21.9. The van der Waals surface area contributed by atoms with Gasteiger partial charge in [-0.05, 0) is 36.1 Å². The van der Waals surface area contributed by atoms with Gasteiger partial charge in [-0.1, -0.05) is 42.5 Å². The minimum atomic E-state index is -0.0288. The second kappa shape index (κ2) is 7.20. The standard InChI is InChI=1S/C21H24N4O/c1-15(18-8-4-6-16-5-2-3-7-19(16)18)24-21(26)25-11-9-17(10-12-25)20-13-22-14-23-20/h2-8,13-15,17H,9-12H2,1H3,(H,22,23)(H,24,26). The Morgan fingerprint density at radius 3 is 2.73 bits per heavy atom. The third-order valence-electron chi connectivity index (χ3n) is 5.37. The molecule has 1 unspecified atom stereocenters. The number of hydrogen-bond donors (Lipinski definition) is 2. The average molecular weight is 348 g/mol. The Morgan fingerprint density at radius 1 is 1.19 bits per heavy atom. The zero-order valence-electron chi connectivity index (χ0n) is 15.0. The third-order valence-corrected chi connectivity index (χ3v) is 5.37. The highest BCUT2D eigenvalue weighted by Gasteiger charge is 2.25. The van der Waals surface area contributed by atoms with Crippen LogP contribution in [0.2, 0.25) is 0 Å². The number of carbonyl (C=O) groups excluding carboxylic acids is 1. The van der Waals surface area contributed by atoms with Crippen molar-refractivity contribution < 1.29 is 4.79 Å². The van der Waals surface area contributed by atoms with E-state index in [1.807, 2.05) is 23.2 Å². The van der Waals surface area contributed by atoms with Gasteiger partial charge < -0.3 is 15.2 Å². The number of hydrogen-bond acceptors (Lipinski definition) is 2. The third kappa shape index (κ3) is 3.29. The number of carbonyl (C=O) groups is 1. The number of nitrogens with zero attached hydrogens (tertiary/aromatic N) is 2. The molecule has 26 heavy (non-hydrogen) atoms. The van der Waals surface area contributed by atoms with Crippen LogP contribution in [0.5, 0.6) is 0 Å². The number of piperidine rings is 1. The number of rotatable bonds is 3. The molecule has 2 amide bonds. The number of aromatic amines is 1. The van der Waals surface area contributed by atoms with Crippen LogP contribution in [0.25, 0.3) is 10.8 Å². The second-order valence-electron chi connectivity index (χ2n) is 7.01. The van der Waals surface area contributed by atoms with Crippen molar-refractivity contribution in [3.63, 3.8) is 0 Å². The molecule has 2 aromatic carbocycles. The number of urea groups is 1. The van der Waals surface area contributed by atoms with Crippen molar-refractivity contribution in [1.29, 1.82) is 0 Å². The van der Waals surface area contributed by atoms with E-state index in [1.165, 1.54) is 16.5 Å². The molecule has 134 valence electrons. The number of aromatic nitrogens is 2. The van der Waals surface area contributed by atoms with Crippen LogP contribution in [-0.2, 0) is 0 Å². The van der Waals surface area contributed by atoms with Gasteiger partial charge in [0.2, 0.25) is 0 Å². The molecule has 1 aliphatic heterocycles. The van der Waals surface area contributed by atoms with Crippen LogP contribution in [0.1, 0.15) is 43.0 Å². The first-order chi connectivity index (χ1) is 12.7. The van der Waals surface area contributed by atoms with Gasteiger partial charge in [-0.3, -0.25) is 0 Å². The summed E-state index contributed by atoms with van der Waals surface area (Å²) in [6.07, 6.45) is 5.56. The van der Waals surface area contributed by atoms with Gasteiger partial charge in [0.25, 0.3) is 0 Å². The maximum Gasteiger partial charge on any atom is 0.317 e. The molecule has 2 N–H and O–H groups in total. The lowest BCUT2D eigenvalue weighted by molar-refractivity contribution is 0.178. The highest BCUT2D eigenvalue weighted by atomic mass is 16.2. The van der Waals surface area contributed by atoms with E-state index < -0.39 is 0 Å². The molecule has 5 heteroatoms. The van der Waals surface area contributed by atoms with Gasteiger partial charge >= 0.3 is 6.03 Å². The molecule has 2 heterocycles. The van der Waals surface area contributed by atoms with Gasteiger partial charge in [-0.25, -0.2) is 9.78 Å². The van der Waals surface area contributed by atoms with Crippen molar-refractivity contribution in [2.75, 3.05) is 13.1 Å². The maximum absolute atomic E-state index is 12.7. The number of likely N-dealkylation sites (tertiary alicyclic amines) is 1. The lowest BCUT2D eigenvalue weighted by Gasteiger charge is -2.32. The molecule has 0 aliphatic carbocycles. The summed E-state index contributed by atoms with van der Waals surface area (Å²) in [6, 6.07) is 14.5. The first kappa shape index (κ1) is 16.6. The Morgan fingerprint density at radius 2 is 1.96 bits per heavy atom. The van der Waals surface area contributed by atoms with E-state index in [2.05, 4.69) is 52.5 Å². The largest absolute Gasteiger partial charge is 0.348 e. The number of H-pyrrole nitrogens is 1. The number of nitrogens with one attached hydrogen (secondary N) is 2. The van der Waals surface area contributed by atoms with Crippen LogP contribution in [-0.4, -0.2) is 34.0 Å². The van der Waals surface area contributed by atoms with Gasteiger partial charge in [-0.2, -0.15) is 0 Å². The molecule has 4 rings (SSSR count). The summed E-state index contributed by atoms with van der Waals surface area (Å²) in [7, 11) is 0. The smallest absolute Gasteiger partial charge is 0.317 e.